The number of pyridine rings is 1. The van der Waals surface area contributed by atoms with E-state index in [1.807, 2.05) is 0 Å². The van der Waals surface area contributed by atoms with E-state index in [-0.39, 0.29) is 12.1 Å². The van der Waals surface area contributed by atoms with E-state index in [9.17, 15) is 18.8 Å². The molecule has 3 aromatic rings. The molecule has 0 spiro atoms. The van der Waals surface area contributed by atoms with Gasteiger partial charge in [-0.3, -0.25) is 19.8 Å². The van der Waals surface area contributed by atoms with Crippen LogP contribution in [0.25, 0.3) is 0 Å². The summed E-state index contributed by atoms with van der Waals surface area (Å²) in [6.07, 6.45) is 4.15. The number of urea groups is 1. The number of amides is 4. The molecular formula is C31H35FN6O4. The van der Waals surface area contributed by atoms with Gasteiger partial charge >= 0.3 is 6.03 Å². The third kappa shape index (κ3) is 6.20. The maximum absolute atomic E-state index is 13.6. The van der Waals surface area contributed by atoms with E-state index in [0.29, 0.717) is 41.5 Å². The number of benzene rings is 2. The monoisotopic (exact) mass is 574 g/mol. The number of nitrogens with zero attached hydrogens (tertiary/aromatic N) is 4. The lowest BCUT2D eigenvalue weighted by atomic mass is 10.0. The second-order valence-corrected chi connectivity index (χ2v) is 10.7. The predicted octanol–water partition coefficient (Wildman–Crippen LogP) is 4.89. The van der Waals surface area contributed by atoms with E-state index in [1.165, 1.54) is 29.2 Å². The van der Waals surface area contributed by atoms with Gasteiger partial charge in [0.1, 0.15) is 28.5 Å². The number of hydrogen-bond donors (Lipinski definition) is 2. The molecule has 1 saturated carbocycles. The molecule has 2 fully saturated rings. The second kappa shape index (κ2) is 12.2. The topological polar surface area (TPSA) is 121 Å². The van der Waals surface area contributed by atoms with Crippen molar-refractivity contribution in [2.75, 3.05) is 36.9 Å². The van der Waals surface area contributed by atoms with Gasteiger partial charge in [0.15, 0.2) is 0 Å². The van der Waals surface area contributed by atoms with Crippen LogP contribution in [0.3, 0.4) is 0 Å². The Morgan fingerprint density at radius 1 is 1.02 bits per heavy atom. The molecule has 0 bridgehead atoms. The molecule has 0 radical (unpaired) electrons. The standard InChI is InChI=1S/C31H35FN6O4/c1-3-37-18-13-22(14-19-37)36(2)30(41)35-27-20-26(12-17-34-27)42-25-10-8-24(9-11-25)38(23-6-4-21(32)5-7-23)29(40)31(15-16-31)28(33)39/h4-12,17,20,22H,3,13-16,18-19H2,1-2H3,(H2,33,39)(H,34,35,41). The highest BCUT2D eigenvalue weighted by Crippen LogP contribution is 2.49. The van der Waals surface area contributed by atoms with Crippen molar-refractivity contribution in [3.05, 3.63) is 72.7 Å². The number of anilines is 3. The molecule has 1 saturated heterocycles. The first-order valence-corrected chi connectivity index (χ1v) is 14.1. The molecule has 0 atom stereocenters. The van der Waals surface area contributed by atoms with Gasteiger partial charge in [-0.25, -0.2) is 14.2 Å². The van der Waals surface area contributed by atoms with E-state index in [2.05, 4.69) is 22.1 Å². The van der Waals surface area contributed by atoms with Crippen molar-refractivity contribution < 1.29 is 23.5 Å². The zero-order chi connectivity index (χ0) is 29.9. The van der Waals surface area contributed by atoms with Gasteiger partial charge < -0.3 is 20.3 Å². The van der Waals surface area contributed by atoms with Gasteiger partial charge in [-0.1, -0.05) is 6.92 Å². The van der Waals surface area contributed by atoms with Gasteiger partial charge in [0.2, 0.25) is 11.8 Å². The lowest BCUT2D eigenvalue weighted by Crippen LogP contribution is -2.46. The van der Waals surface area contributed by atoms with Crippen LogP contribution in [0.4, 0.5) is 26.4 Å². The van der Waals surface area contributed by atoms with Crippen LogP contribution in [0, 0.1) is 11.2 Å². The number of hydrogen-bond acceptors (Lipinski definition) is 6. The summed E-state index contributed by atoms with van der Waals surface area (Å²) in [4.78, 5) is 48.2. The van der Waals surface area contributed by atoms with Gasteiger partial charge in [-0.2, -0.15) is 0 Å². The summed E-state index contributed by atoms with van der Waals surface area (Å²) < 4.78 is 19.6. The number of halogens is 1. The van der Waals surface area contributed by atoms with Crippen molar-refractivity contribution >= 4 is 35.0 Å². The minimum atomic E-state index is -1.26. The smallest absolute Gasteiger partial charge is 0.323 e. The summed E-state index contributed by atoms with van der Waals surface area (Å²) in [6.45, 7) is 5.11. The van der Waals surface area contributed by atoms with E-state index in [4.69, 9.17) is 10.5 Å². The van der Waals surface area contributed by atoms with Gasteiger partial charge in [0, 0.05) is 49.8 Å². The zero-order valence-electron chi connectivity index (χ0n) is 23.8. The van der Waals surface area contributed by atoms with Crippen LogP contribution in [-0.2, 0) is 9.59 Å². The van der Waals surface area contributed by atoms with Crippen LogP contribution in [-0.4, -0.2) is 65.4 Å². The molecule has 5 rings (SSSR count). The summed E-state index contributed by atoms with van der Waals surface area (Å²) in [6, 6.07) is 15.4. The molecular weight excluding hydrogens is 539 g/mol. The predicted molar refractivity (Wildman–Crippen MR) is 157 cm³/mol. The maximum atomic E-state index is 13.6. The first kappa shape index (κ1) is 29.0. The van der Waals surface area contributed by atoms with Crippen LogP contribution in [0.15, 0.2) is 66.9 Å². The highest BCUT2D eigenvalue weighted by molar-refractivity contribution is 6.16. The fourth-order valence-corrected chi connectivity index (χ4v) is 5.21. The fraction of sp³-hybridized carbons (Fsp3) is 0.355. The largest absolute Gasteiger partial charge is 0.457 e. The number of ether oxygens (including phenoxy) is 1. The average Bonchev–Trinajstić information content (AvgIpc) is 3.82. The van der Waals surface area contributed by atoms with Crippen molar-refractivity contribution in [3.63, 3.8) is 0 Å². The molecule has 2 aromatic carbocycles. The lowest BCUT2D eigenvalue weighted by Gasteiger charge is -2.36. The summed E-state index contributed by atoms with van der Waals surface area (Å²) in [5.41, 5.74) is 5.19. The van der Waals surface area contributed by atoms with Crippen molar-refractivity contribution in [1.29, 1.82) is 0 Å². The first-order valence-electron chi connectivity index (χ1n) is 14.1. The van der Waals surface area contributed by atoms with Crippen molar-refractivity contribution in [1.82, 2.24) is 14.8 Å². The van der Waals surface area contributed by atoms with Crippen LogP contribution in [0.5, 0.6) is 11.5 Å². The van der Waals surface area contributed by atoms with Crippen LogP contribution in [0.2, 0.25) is 0 Å². The number of piperidine rings is 1. The van der Waals surface area contributed by atoms with Crippen molar-refractivity contribution in [2.24, 2.45) is 11.1 Å². The Kier molecular flexibility index (Phi) is 8.39. The van der Waals surface area contributed by atoms with Gasteiger partial charge in [-0.15, -0.1) is 0 Å². The molecule has 1 aliphatic carbocycles. The molecule has 42 heavy (non-hydrogen) atoms. The minimum absolute atomic E-state index is 0.171. The number of carbonyl (C=O) groups is 3. The molecule has 3 N–H and O–H groups in total. The van der Waals surface area contributed by atoms with E-state index in [1.54, 1.807) is 54.5 Å². The number of likely N-dealkylation sites (tertiary alicyclic amines) is 1. The van der Waals surface area contributed by atoms with E-state index in [0.717, 1.165) is 32.5 Å². The van der Waals surface area contributed by atoms with Crippen LogP contribution >= 0.6 is 0 Å². The van der Waals surface area contributed by atoms with E-state index >= 15 is 0 Å². The van der Waals surface area contributed by atoms with Crippen molar-refractivity contribution in [3.8, 4) is 11.5 Å². The Hall–Kier alpha value is -4.51. The Morgan fingerprint density at radius 3 is 2.21 bits per heavy atom. The number of aromatic nitrogens is 1. The highest BCUT2D eigenvalue weighted by Gasteiger charge is 2.57. The molecule has 1 aromatic heterocycles. The summed E-state index contributed by atoms with van der Waals surface area (Å²) in [7, 11) is 1.80. The normalized spacial score (nSPS) is 16.4. The molecule has 2 heterocycles. The summed E-state index contributed by atoms with van der Waals surface area (Å²) in [5, 5.41) is 2.85. The Balaban J connectivity index is 1.27. The highest BCUT2D eigenvalue weighted by atomic mass is 19.1. The molecule has 10 nitrogen and oxygen atoms in total. The Labute approximate surface area is 244 Å². The Morgan fingerprint density at radius 2 is 1.64 bits per heavy atom. The number of nitrogens with one attached hydrogen (secondary N) is 1. The Bertz CT molecular complexity index is 1440. The molecule has 1 aliphatic heterocycles. The zero-order valence-corrected chi connectivity index (χ0v) is 23.8. The lowest BCUT2D eigenvalue weighted by molar-refractivity contribution is -0.133. The first-order chi connectivity index (χ1) is 20.2. The van der Waals surface area contributed by atoms with E-state index < -0.39 is 23.0 Å². The minimum Gasteiger partial charge on any atom is -0.457 e. The number of primary amides is 1. The van der Waals surface area contributed by atoms with Gasteiger partial charge in [0.05, 0.1) is 0 Å². The van der Waals surface area contributed by atoms with Gasteiger partial charge in [-0.05, 0) is 86.8 Å². The molecule has 2 aliphatic rings. The number of carbonyl (C=O) groups excluding carboxylic acids is 3. The quantitative estimate of drug-likeness (QED) is 0.351. The van der Waals surface area contributed by atoms with Crippen LogP contribution < -0.4 is 20.7 Å². The molecule has 0 unspecified atom stereocenters. The second-order valence-electron chi connectivity index (χ2n) is 10.7. The molecule has 4 amide bonds. The number of rotatable bonds is 9. The van der Waals surface area contributed by atoms with Crippen molar-refractivity contribution in [2.45, 2.75) is 38.6 Å². The van der Waals surface area contributed by atoms with Gasteiger partial charge in [0.25, 0.3) is 0 Å². The summed E-state index contributed by atoms with van der Waals surface area (Å²) >= 11 is 0. The average molecular weight is 575 g/mol. The SMILES string of the molecule is CCN1CCC(N(C)C(=O)Nc2cc(Oc3ccc(N(C(=O)C4(C(N)=O)CC4)c4ccc(F)cc4)cc3)ccn2)CC1. The number of nitrogens with two attached hydrogens (primary N) is 1. The molecule has 11 heteroatoms. The third-order valence-corrected chi connectivity index (χ3v) is 8.09. The molecule has 220 valence electrons. The third-order valence-electron chi connectivity index (χ3n) is 8.09. The van der Waals surface area contributed by atoms with Crippen LogP contribution in [0.1, 0.15) is 32.6 Å². The fourth-order valence-electron chi connectivity index (χ4n) is 5.21. The maximum Gasteiger partial charge on any atom is 0.323 e. The summed E-state index contributed by atoms with van der Waals surface area (Å²) in [5.74, 6) is -0.267.